The van der Waals surface area contributed by atoms with Gasteiger partial charge in [0.05, 0.1) is 0 Å². The Morgan fingerprint density at radius 3 is 1.33 bits per heavy atom. The van der Waals surface area contributed by atoms with Crippen molar-refractivity contribution >= 4 is 17.9 Å². The Morgan fingerprint density at radius 2 is 0.863 bits per heavy atom. The molecule has 0 radical (unpaired) electrons. The summed E-state index contributed by atoms with van der Waals surface area (Å²) < 4.78 is 16.6. The monoisotopic (exact) mass is 720 g/mol. The first kappa shape index (κ1) is 48.9. The summed E-state index contributed by atoms with van der Waals surface area (Å²) in [6, 6.07) is 0. The highest BCUT2D eigenvalue weighted by Crippen LogP contribution is 2.18. The molecular formula is C44H81NO6. The summed E-state index contributed by atoms with van der Waals surface area (Å²) in [7, 11) is 4.05. The molecule has 0 aliphatic heterocycles. The van der Waals surface area contributed by atoms with Crippen molar-refractivity contribution in [3.05, 3.63) is 24.3 Å². The average molecular weight is 720 g/mol. The maximum atomic E-state index is 12.5. The molecule has 298 valence electrons. The van der Waals surface area contributed by atoms with E-state index in [9.17, 15) is 14.4 Å². The van der Waals surface area contributed by atoms with Gasteiger partial charge in [0.25, 0.3) is 0 Å². The van der Waals surface area contributed by atoms with Crippen LogP contribution >= 0.6 is 0 Å². The van der Waals surface area contributed by atoms with Gasteiger partial charge in [0.2, 0.25) is 0 Å². The summed E-state index contributed by atoms with van der Waals surface area (Å²) in [5.41, 5.74) is 0. The molecule has 0 aliphatic rings. The number of ether oxygens (including phenoxy) is 3. The van der Waals surface area contributed by atoms with Gasteiger partial charge in [-0.1, -0.05) is 134 Å². The normalized spacial score (nSPS) is 12.3. The van der Waals surface area contributed by atoms with Gasteiger partial charge < -0.3 is 19.1 Å². The zero-order valence-corrected chi connectivity index (χ0v) is 33.9. The maximum absolute atomic E-state index is 12.5. The van der Waals surface area contributed by atoms with Crippen LogP contribution in [0, 0.1) is 0 Å². The minimum atomic E-state index is -0.0944. The lowest BCUT2D eigenvalue weighted by atomic mass is 10.0. The van der Waals surface area contributed by atoms with Crippen LogP contribution in [0.2, 0.25) is 0 Å². The molecule has 0 spiro atoms. The number of rotatable bonds is 38. The molecule has 1 atom stereocenters. The fourth-order valence-electron chi connectivity index (χ4n) is 6.10. The highest BCUT2D eigenvalue weighted by Gasteiger charge is 2.14. The first-order valence-electron chi connectivity index (χ1n) is 21.3. The Labute approximate surface area is 315 Å². The topological polar surface area (TPSA) is 82.1 Å². The van der Waals surface area contributed by atoms with Gasteiger partial charge in [0, 0.05) is 19.3 Å². The van der Waals surface area contributed by atoms with E-state index in [1.807, 2.05) is 26.2 Å². The molecule has 1 unspecified atom stereocenters. The van der Waals surface area contributed by atoms with E-state index in [0.717, 1.165) is 116 Å². The van der Waals surface area contributed by atoms with E-state index in [4.69, 9.17) is 14.2 Å². The van der Waals surface area contributed by atoms with Gasteiger partial charge >= 0.3 is 17.9 Å². The lowest BCUT2D eigenvalue weighted by Crippen LogP contribution is -2.20. The van der Waals surface area contributed by atoms with E-state index >= 15 is 0 Å². The number of carbonyl (C=O) groups is 3. The molecule has 0 fully saturated rings. The third kappa shape index (κ3) is 38.9. The van der Waals surface area contributed by atoms with E-state index in [1.165, 1.54) is 57.8 Å². The van der Waals surface area contributed by atoms with Crippen LogP contribution in [0.3, 0.4) is 0 Å². The van der Waals surface area contributed by atoms with E-state index in [1.54, 1.807) is 0 Å². The van der Waals surface area contributed by atoms with Gasteiger partial charge in [-0.2, -0.15) is 0 Å². The molecule has 7 heteroatoms. The van der Waals surface area contributed by atoms with Crippen molar-refractivity contribution in [2.24, 2.45) is 0 Å². The molecule has 0 saturated heterocycles. The Morgan fingerprint density at radius 1 is 0.471 bits per heavy atom. The average Bonchev–Trinajstić information content (AvgIpc) is 3.10. The first-order chi connectivity index (χ1) is 24.9. The summed E-state index contributed by atoms with van der Waals surface area (Å²) >= 11 is 0. The van der Waals surface area contributed by atoms with Crippen LogP contribution in [-0.4, -0.2) is 62.8 Å². The first-order valence-corrected chi connectivity index (χ1v) is 21.3. The Hall–Kier alpha value is -2.15. The number of carbonyl (C=O) groups excluding carboxylic acids is 3. The van der Waals surface area contributed by atoms with Crippen molar-refractivity contribution in [2.75, 3.05) is 33.9 Å². The smallest absolute Gasteiger partial charge is 0.306 e. The van der Waals surface area contributed by atoms with Gasteiger partial charge in [0.15, 0.2) is 0 Å². The predicted octanol–water partition coefficient (Wildman–Crippen LogP) is 12.0. The van der Waals surface area contributed by atoms with Crippen LogP contribution in [0.4, 0.5) is 0 Å². The van der Waals surface area contributed by atoms with Gasteiger partial charge in [-0.15, -0.1) is 0 Å². The molecule has 51 heavy (non-hydrogen) atoms. The third-order valence-corrected chi connectivity index (χ3v) is 9.31. The summed E-state index contributed by atoms with van der Waals surface area (Å²) in [5, 5.41) is 0. The maximum Gasteiger partial charge on any atom is 0.306 e. The Bertz CT molecular complexity index is 855. The Balaban J connectivity index is 4.06. The van der Waals surface area contributed by atoms with Crippen molar-refractivity contribution in [3.8, 4) is 0 Å². The highest BCUT2D eigenvalue weighted by molar-refractivity contribution is 5.70. The predicted molar refractivity (Wildman–Crippen MR) is 214 cm³/mol. The molecule has 0 aromatic carbocycles. The highest BCUT2D eigenvalue weighted by atomic mass is 16.5. The van der Waals surface area contributed by atoms with Crippen LogP contribution in [0.15, 0.2) is 24.3 Å². The third-order valence-electron chi connectivity index (χ3n) is 9.31. The summed E-state index contributed by atoms with van der Waals surface area (Å²) in [5.74, 6) is -0.256. The van der Waals surface area contributed by atoms with Crippen molar-refractivity contribution in [2.45, 2.75) is 206 Å². The van der Waals surface area contributed by atoms with Crippen LogP contribution in [0.5, 0.6) is 0 Å². The standard InChI is InChI=1S/C44H81NO6/c1-5-7-9-11-13-19-25-31-40-50-43(47)36-29-23-17-15-21-27-34-41(51-44(48)37-32-38-45(3)4)33-26-20-14-16-22-28-35-42(46)49-39-30-24-18-12-10-8-6-2/h24-25,30-31,41H,5-23,26-29,32-40H2,1-4H3/b30-24+,31-25+. The lowest BCUT2D eigenvalue weighted by molar-refractivity contribution is -0.150. The number of unbranched alkanes of at least 4 members (excludes halogenated alkanes) is 19. The molecule has 0 rings (SSSR count). The van der Waals surface area contributed by atoms with E-state index < -0.39 is 0 Å². The minimum absolute atomic E-state index is 0.00175. The molecule has 0 aliphatic carbocycles. The number of hydrogen-bond donors (Lipinski definition) is 0. The van der Waals surface area contributed by atoms with Crippen molar-refractivity contribution in [1.29, 1.82) is 0 Å². The summed E-state index contributed by atoms with van der Waals surface area (Å²) in [6.45, 7) is 6.13. The van der Waals surface area contributed by atoms with Crippen molar-refractivity contribution < 1.29 is 28.6 Å². The number of hydrogen-bond acceptors (Lipinski definition) is 7. The molecule has 0 heterocycles. The molecule has 0 saturated carbocycles. The second kappa shape index (κ2) is 39.1. The molecular weight excluding hydrogens is 638 g/mol. The second-order valence-electron chi connectivity index (χ2n) is 14.7. The van der Waals surface area contributed by atoms with Crippen LogP contribution in [-0.2, 0) is 28.6 Å². The summed E-state index contributed by atoms with van der Waals surface area (Å²) in [6.07, 6.45) is 38.7. The fourth-order valence-corrected chi connectivity index (χ4v) is 6.10. The van der Waals surface area contributed by atoms with Crippen LogP contribution in [0.25, 0.3) is 0 Å². The van der Waals surface area contributed by atoms with Crippen LogP contribution in [0.1, 0.15) is 200 Å². The minimum Gasteiger partial charge on any atom is -0.462 e. The lowest BCUT2D eigenvalue weighted by Gasteiger charge is -2.18. The fraction of sp³-hybridized carbons (Fsp3) is 0.841. The van der Waals surface area contributed by atoms with Crippen molar-refractivity contribution in [3.63, 3.8) is 0 Å². The summed E-state index contributed by atoms with van der Waals surface area (Å²) in [4.78, 5) is 38.6. The number of esters is 3. The number of allylic oxidation sites excluding steroid dienone is 2. The molecule has 0 bridgehead atoms. The molecule has 0 aromatic heterocycles. The quantitative estimate of drug-likeness (QED) is 0.0272. The second-order valence-corrected chi connectivity index (χ2v) is 14.7. The molecule has 0 amide bonds. The van der Waals surface area contributed by atoms with Gasteiger partial charge in [-0.05, 0) is 91.3 Å². The zero-order valence-electron chi connectivity index (χ0n) is 33.9. The van der Waals surface area contributed by atoms with E-state index in [0.29, 0.717) is 32.5 Å². The van der Waals surface area contributed by atoms with Gasteiger partial charge in [-0.3, -0.25) is 14.4 Å². The largest absolute Gasteiger partial charge is 0.462 e. The van der Waals surface area contributed by atoms with Gasteiger partial charge in [0.1, 0.15) is 19.3 Å². The molecule has 0 N–H and O–H groups in total. The molecule has 0 aromatic rings. The van der Waals surface area contributed by atoms with Crippen LogP contribution < -0.4 is 0 Å². The van der Waals surface area contributed by atoms with E-state index in [-0.39, 0.29) is 24.0 Å². The van der Waals surface area contributed by atoms with Crippen molar-refractivity contribution in [1.82, 2.24) is 4.90 Å². The number of nitrogens with zero attached hydrogens (tertiary/aromatic N) is 1. The molecule has 7 nitrogen and oxygen atoms in total. The Kier molecular flexibility index (Phi) is 37.4. The zero-order chi connectivity index (χ0) is 37.5. The SMILES string of the molecule is CCCCCC/C=C/COC(=O)CCCCCCCCC(CCCCCCCCC(=O)OC/C=C/CCCCCCC)OC(=O)CCCN(C)C. The van der Waals surface area contributed by atoms with E-state index in [2.05, 4.69) is 30.9 Å². The van der Waals surface area contributed by atoms with Gasteiger partial charge in [-0.25, -0.2) is 0 Å².